The number of hydrogen-bond donors (Lipinski definition) is 1. The van der Waals surface area contributed by atoms with Gasteiger partial charge in [0.15, 0.2) is 5.76 Å². The maximum atomic E-state index is 12.3. The number of rotatable bonds is 8. The molecule has 7 heteroatoms. The summed E-state index contributed by atoms with van der Waals surface area (Å²) in [6.07, 6.45) is 2.30. The van der Waals surface area contributed by atoms with Crippen LogP contribution < -0.4 is 15.6 Å². The van der Waals surface area contributed by atoms with Crippen LogP contribution in [-0.2, 0) is 11.3 Å². The molecule has 0 aliphatic carbocycles. The molecule has 0 saturated heterocycles. The average molecular weight is 415 g/mol. The van der Waals surface area contributed by atoms with Crippen molar-refractivity contribution >= 4 is 11.6 Å². The number of carbonyl (C=O) groups excluding carboxylic acids is 1. The van der Waals surface area contributed by atoms with E-state index in [0.717, 1.165) is 5.75 Å². The van der Waals surface area contributed by atoms with Gasteiger partial charge in [0.2, 0.25) is 5.91 Å². The molecule has 1 N–H and O–H groups in total. The zero-order valence-corrected chi connectivity index (χ0v) is 16.7. The van der Waals surface area contributed by atoms with Crippen LogP contribution in [0.1, 0.15) is 12.8 Å². The first-order valence-electron chi connectivity index (χ1n) is 9.92. The van der Waals surface area contributed by atoms with Gasteiger partial charge in [0.05, 0.1) is 6.26 Å². The van der Waals surface area contributed by atoms with Crippen LogP contribution in [-0.4, -0.2) is 15.7 Å². The zero-order chi connectivity index (χ0) is 21.5. The Bertz CT molecular complexity index is 1180. The first-order valence-corrected chi connectivity index (χ1v) is 9.92. The van der Waals surface area contributed by atoms with E-state index >= 15 is 0 Å². The van der Waals surface area contributed by atoms with Gasteiger partial charge in [0, 0.05) is 24.7 Å². The van der Waals surface area contributed by atoms with Crippen molar-refractivity contribution in [3.05, 3.63) is 95.5 Å². The van der Waals surface area contributed by atoms with Gasteiger partial charge in [-0.2, -0.15) is 5.10 Å². The van der Waals surface area contributed by atoms with Crippen molar-refractivity contribution in [2.75, 3.05) is 5.32 Å². The second kappa shape index (κ2) is 9.58. The summed E-state index contributed by atoms with van der Waals surface area (Å²) in [5.41, 5.74) is 1.04. The van der Waals surface area contributed by atoms with E-state index in [1.807, 2.05) is 30.3 Å². The Kier molecular flexibility index (Phi) is 6.23. The monoisotopic (exact) mass is 415 g/mol. The summed E-state index contributed by atoms with van der Waals surface area (Å²) < 4.78 is 12.4. The number of nitrogens with one attached hydrogen (secondary N) is 1. The molecular weight excluding hydrogens is 394 g/mol. The molecule has 0 spiro atoms. The van der Waals surface area contributed by atoms with Gasteiger partial charge in [-0.3, -0.25) is 9.59 Å². The standard InChI is InChI=1S/C24H21N3O4/c28-23(25-18-10-12-20(13-11-18)31-19-6-2-1-3-7-19)9-4-16-27-24(29)15-14-21(26-27)22-8-5-17-30-22/h1-3,5-8,10-15,17H,4,9,16H2,(H,25,28). The van der Waals surface area contributed by atoms with E-state index in [1.165, 1.54) is 10.7 Å². The van der Waals surface area contributed by atoms with E-state index in [0.29, 0.717) is 35.9 Å². The third-order valence-corrected chi connectivity index (χ3v) is 4.53. The Morgan fingerprint density at radius 1 is 0.935 bits per heavy atom. The SMILES string of the molecule is O=C(CCCn1nc(-c2ccco2)ccc1=O)Nc1ccc(Oc2ccccc2)cc1. The van der Waals surface area contributed by atoms with Crippen LogP contribution in [0.4, 0.5) is 5.69 Å². The van der Waals surface area contributed by atoms with Crippen molar-refractivity contribution in [1.29, 1.82) is 0 Å². The number of aryl methyl sites for hydroxylation is 1. The highest BCUT2D eigenvalue weighted by atomic mass is 16.5. The molecule has 0 saturated carbocycles. The minimum Gasteiger partial charge on any atom is -0.463 e. The van der Waals surface area contributed by atoms with E-state index in [2.05, 4.69) is 10.4 Å². The Hall–Kier alpha value is -4.13. The van der Waals surface area contributed by atoms with Crippen molar-refractivity contribution in [1.82, 2.24) is 9.78 Å². The fourth-order valence-electron chi connectivity index (χ4n) is 3.01. The number of ether oxygens (including phenoxy) is 1. The average Bonchev–Trinajstić information content (AvgIpc) is 3.32. The topological polar surface area (TPSA) is 86.4 Å². The Morgan fingerprint density at radius 2 is 1.71 bits per heavy atom. The molecule has 0 aliphatic heterocycles. The van der Waals surface area contributed by atoms with Gasteiger partial charge in [-0.15, -0.1) is 0 Å². The fourth-order valence-corrected chi connectivity index (χ4v) is 3.01. The number of hydrogen-bond acceptors (Lipinski definition) is 5. The third kappa shape index (κ3) is 5.48. The molecule has 2 aromatic heterocycles. The van der Waals surface area contributed by atoms with Crippen molar-refractivity contribution in [3.8, 4) is 23.0 Å². The highest BCUT2D eigenvalue weighted by Crippen LogP contribution is 2.22. The minimum atomic E-state index is -0.218. The molecule has 156 valence electrons. The number of furan rings is 1. The number of para-hydroxylation sites is 1. The number of nitrogens with zero attached hydrogens (tertiary/aromatic N) is 2. The molecule has 4 rings (SSSR count). The van der Waals surface area contributed by atoms with Crippen molar-refractivity contribution in [2.24, 2.45) is 0 Å². The van der Waals surface area contributed by atoms with Gasteiger partial charge in [-0.1, -0.05) is 18.2 Å². The summed E-state index contributed by atoms with van der Waals surface area (Å²) in [7, 11) is 0. The van der Waals surface area contributed by atoms with Crippen LogP contribution in [0, 0.1) is 0 Å². The van der Waals surface area contributed by atoms with E-state index in [9.17, 15) is 9.59 Å². The van der Waals surface area contributed by atoms with Crippen LogP contribution in [0.3, 0.4) is 0 Å². The van der Waals surface area contributed by atoms with Gasteiger partial charge >= 0.3 is 0 Å². The molecule has 0 atom stereocenters. The minimum absolute atomic E-state index is 0.132. The highest BCUT2D eigenvalue weighted by Gasteiger charge is 2.08. The third-order valence-electron chi connectivity index (χ3n) is 4.53. The summed E-state index contributed by atoms with van der Waals surface area (Å²) in [6.45, 7) is 0.338. The van der Waals surface area contributed by atoms with Crippen LogP contribution in [0.25, 0.3) is 11.5 Å². The predicted molar refractivity (Wildman–Crippen MR) is 117 cm³/mol. The molecule has 4 aromatic rings. The first-order chi connectivity index (χ1) is 15.2. The van der Waals surface area contributed by atoms with Crippen LogP contribution in [0.5, 0.6) is 11.5 Å². The molecule has 0 aliphatic rings. The van der Waals surface area contributed by atoms with Gasteiger partial charge in [-0.25, -0.2) is 4.68 Å². The second-order valence-electron chi connectivity index (χ2n) is 6.85. The van der Waals surface area contributed by atoms with E-state index < -0.39 is 0 Å². The Morgan fingerprint density at radius 3 is 2.45 bits per heavy atom. The number of aromatic nitrogens is 2. The molecule has 2 aromatic carbocycles. The zero-order valence-electron chi connectivity index (χ0n) is 16.7. The molecule has 0 bridgehead atoms. The maximum absolute atomic E-state index is 12.3. The van der Waals surface area contributed by atoms with E-state index in [1.54, 1.807) is 48.7 Å². The smallest absolute Gasteiger partial charge is 0.266 e. The maximum Gasteiger partial charge on any atom is 0.266 e. The Balaban J connectivity index is 1.28. The van der Waals surface area contributed by atoms with Crippen LogP contribution in [0.2, 0.25) is 0 Å². The number of carbonyl (C=O) groups is 1. The normalized spacial score (nSPS) is 10.6. The number of anilines is 1. The predicted octanol–water partition coefficient (Wildman–Crippen LogP) is 4.71. The van der Waals surface area contributed by atoms with Crippen molar-refractivity contribution in [3.63, 3.8) is 0 Å². The van der Waals surface area contributed by atoms with Crippen LogP contribution >= 0.6 is 0 Å². The quantitative estimate of drug-likeness (QED) is 0.450. The van der Waals surface area contributed by atoms with Gasteiger partial charge < -0.3 is 14.5 Å². The lowest BCUT2D eigenvalue weighted by atomic mass is 10.2. The molecule has 31 heavy (non-hydrogen) atoms. The fraction of sp³-hybridized carbons (Fsp3) is 0.125. The van der Waals surface area contributed by atoms with Crippen molar-refractivity contribution < 1.29 is 13.9 Å². The molecule has 7 nitrogen and oxygen atoms in total. The number of amides is 1. The van der Waals surface area contributed by atoms with E-state index in [-0.39, 0.29) is 17.9 Å². The number of benzene rings is 2. The first kappa shape index (κ1) is 20.2. The lowest BCUT2D eigenvalue weighted by Gasteiger charge is -2.09. The lowest BCUT2D eigenvalue weighted by Crippen LogP contribution is -2.23. The summed E-state index contributed by atoms with van der Waals surface area (Å²) in [5.74, 6) is 1.89. The van der Waals surface area contributed by atoms with Gasteiger partial charge in [0.25, 0.3) is 5.56 Å². The molecule has 2 heterocycles. The van der Waals surface area contributed by atoms with Gasteiger partial charge in [0.1, 0.15) is 17.2 Å². The summed E-state index contributed by atoms with van der Waals surface area (Å²) in [4.78, 5) is 24.3. The molecule has 0 unspecified atom stereocenters. The summed E-state index contributed by atoms with van der Waals surface area (Å²) in [5, 5.41) is 7.15. The Labute approximate surface area is 178 Å². The van der Waals surface area contributed by atoms with Crippen LogP contribution in [0.15, 0.2) is 94.3 Å². The van der Waals surface area contributed by atoms with Gasteiger partial charge in [-0.05, 0) is 61.0 Å². The second-order valence-corrected chi connectivity index (χ2v) is 6.85. The summed E-state index contributed by atoms with van der Waals surface area (Å²) >= 11 is 0. The molecule has 1 amide bonds. The van der Waals surface area contributed by atoms with E-state index in [4.69, 9.17) is 9.15 Å². The lowest BCUT2D eigenvalue weighted by molar-refractivity contribution is -0.116. The molecular formula is C24H21N3O4. The molecule has 0 radical (unpaired) electrons. The largest absolute Gasteiger partial charge is 0.463 e. The molecule has 0 fully saturated rings. The highest BCUT2D eigenvalue weighted by molar-refractivity contribution is 5.90. The van der Waals surface area contributed by atoms with Crippen molar-refractivity contribution in [2.45, 2.75) is 19.4 Å². The summed E-state index contributed by atoms with van der Waals surface area (Å²) in [6, 6.07) is 23.3.